The molecule has 9 heteroatoms. The molecular formula is C82H150NO8+. The molecule has 1 N–H and O–H groups in total. The zero-order valence-corrected chi connectivity index (χ0v) is 60.8. The second kappa shape index (κ2) is 72.6. The number of rotatable bonds is 73. The number of unbranched alkanes of at least 4 members (excludes halogenated alkanes) is 46. The smallest absolute Gasteiger partial charge is 0.361 e. The Bertz CT molecular complexity index is 1730. The summed E-state index contributed by atoms with van der Waals surface area (Å²) in [6, 6.07) is 0. The van der Waals surface area contributed by atoms with Gasteiger partial charge in [0.25, 0.3) is 6.29 Å². The molecule has 0 aromatic heterocycles. The molecule has 530 valence electrons. The SMILES string of the molecule is CC/C=C\C/C=C\C/C=C\C/C=C\C/C=C\CCCCCCCCCCCC(=O)OC(COC(=O)CCCCCCCCCCCCCCCCCCCCCCCCCCCCCCC/C=C\CCCCCCCCCC)COC(OCC[N+](C)(C)C)C(=O)O. The van der Waals surface area contributed by atoms with Crippen molar-refractivity contribution in [3.63, 3.8) is 0 Å². The topological polar surface area (TPSA) is 108 Å². The Labute approximate surface area is 564 Å². The first-order valence-electron chi connectivity index (χ1n) is 39.1. The first-order valence-corrected chi connectivity index (χ1v) is 39.1. The van der Waals surface area contributed by atoms with Gasteiger partial charge in [-0.25, -0.2) is 4.79 Å². The Morgan fingerprint density at radius 2 is 0.626 bits per heavy atom. The number of carbonyl (C=O) groups excluding carboxylic acids is 2. The highest BCUT2D eigenvalue weighted by atomic mass is 16.7. The van der Waals surface area contributed by atoms with Gasteiger partial charge in [0, 0.05) is 12.8 Å². The lowest BCUT2D eigenvalue weighted by Gasteiger charge is -2.25. The van der Waals surface area contributed by atoms with Gasteiger partial charge >= 0.3 is 17.9 Å². The van der Waals surface area contributed by atoms with Crippen molar-refractivity contribution in [2.24, 2.45) is 0 Å². The monoisotopic (exact) mass is 1280 g/mol. The molecule has 0 saturated heterocycles. The van der Waals surface area contributed by atoms with Crippen LogP contribution in [0.5, 0.6) is 0 Å². The zero-order valence-electron chi connectivity index (χ0n) is 60.8. The third-order valence-electron chi connectivity index (χ3n) is 17.4. The summed E-state index contributed by atoms with van der Waals surface area (Å²) in [7, 11) is 5.98. The molecule has 0 fully saturated rings. The van der Waals surface area contributed by atoms with Crippen LogP contribution in [0.25, 0.3) is 0 Å². The number of hydrogen-bond acceptors (Lipinski definition) is 7. The predicted octanol–water partition coefficient (Wildman–Crippen LogP) is 24.8. The molecule has 2 unspecified atom stereocenters. The molecule has 0 aliphatic heterocycles. The highest BCUT2D eigenvalue weighted by Gasteiger charge is 2.25. The molecule has 0 aromatic carbocycles. The van der Waals surface area contributed by atoms with Gasteiger partial charge in [-0.05, 0) is 83.5 Å². The summed E-state index contributed by atoms with van der Waals surface area (Å²) < 4.78 is 23.0. The average molecular weight is 1280 g/mol. The Balaban J connectivity index is 3.95. The Hall–Kier alpha value is -3.27. The van der Waals surface area contributed by atoms with E-state index in [0.29, 0.717) is 23.9 Å². The molecule has 0 radical (unpaired) electrons. The summed E-state index contributed by atoms with van der Waals surface area (Å²) in [5.41, 5.74) is 0. The van der Waals surface area contributed by atoms with Gasteiger partial charge in [0.2, 0.25) is 0 Å². The fourth-order valence-corrected chi connectivity index (χ4v) is 11.5. The van der Waals surface area contributed by atoms with Crippen molar-refractivity contribution in [3.8, 4) is 0 Å². The molecule has 0 bridgehead atoms. The van der Waals surface area contributed by atoms with Gasteiger partial charge < -0.3 is 28.5 Å². The Morgan fingerprint density at radius 3 is 0.945 bits per heavy atom. The molecular weight excluding hydrogens is 1130 g/mol. The van der Waals surface area contributed by atoms with Crippen molar-refractivity contribution >= 4 is 17.9 Å². The molecule has 0 heterocycles. The van der Waals surface area contributed by atoms with Crippen LogP contribution in [0, 0.1) is 0 Å². The fraction of sp³-hybridized carbons (Fsp3) is 0.817. The predicted molar refractivity (Wildman–Crippen MR) is 392 cm³/mol. The van der Waals surface area contributed by atoms with Gasteiger partial charge in [-0.3, -0.25) is 9.59 Å². The van der Waals surface area contributed by atoms with Crippen LogP contribution >= 0.6 is 0 Å². The number of ether oxygens (including phenoxy) is 4. The second-order valence-corrected chi connectivity index (χ2v) is 27.6. The van der Waals surface area contributed by atoms with E-state index in [9.17, 15) is 19.5 Å². The lowest BCUT2D eigenvalue weighted by atomic mass is 10.0. The third-order valence-corrected chi connectivity index (χ3v) is 17.4. The molecule has 0 rings (SSSR count). The number of carbonyl (C=O) groups is 3. The normalized spacial score (nSPS) is 13.0. The van der Waals surface area contributed by atoms with E-state index in [4.69, 9.17) is 18.9 Å². The lowest BCUT2D eigenvalue weighted by molar-refractivity contribution is -0.870. The number of hydrogen-bond donors (Lipinski definition) is 1. The van der Waals surface area contributed by atoms with E-state index >= 15 is 0 Å². The Kier molecular flexibility index (Phi) is 69.9. The third kappa shape index (κ3) is 74.0. The van der Waals surface area contributed by atoms with E-state index in [0.717, 1.165) is 77.0 Å². The number of esters is 2. The summed E-state index contributed by atoms with van der Waals surface area (Å²) in [5, 5.41) is 9.76. The summed E-state index contributed by atoms with van der Waals surface area (Å²) >= 11 is 0. The highest BCUT2D eigenvalue weighted by Crippen LogP contribution is 2.19. The van der Waals surface area contributed by atoms with Crippen LogP contribution in [0.3, 0.4) is 0 Å². The number of quaternary nitrogens is 1. The largest absolute Gasteiger partial charge is 0.477 e. The molecule has 0 amide bonds. The lowest BCUT2D eigenvalue weighted by Crippen LogP contribution is -2.40. The van der Waals surface area contributed by atoms with Crippen molar-refractivity contribution in [3.05, 3.63) is 72.9 Å². The number of likely N-dealkylation sites (N-methyl/N-ethyl adjacent to an activating group) is 1. The quantitative estimate of drug-likeness (QED) is 0.0211. The number of nitrogens with zero attached hydrogens (tertiary/aromatic N) is 1. The van der Waals surface area contributed by atoms with Crippen molar-refractivity contribution in [2.75, 3.05) is 47.5 Å². The Morgan fingerprint density at radius 1 is 0.341 bits per heavy atom. The fourth-order valence-electron chi connectivity index (χ4n) is 11.5. The van der Waals surface area contributed by atoms with Gasteiger partial charge in [-0.15, -0.1) is 0 Å². The van der Waals surface area contributed by atoms with Gasteiger partial charge in [-0.1, -0.05) is 350 Å². The van der Waals surface area contributed by atoms with Gasteiger partial charge in [-0.2, -0.15) is 0 Å². The van der Waals surface area contributed by atoms with Gasteiger partial charge in [0.15, 0.2) is 6.10 Å². The number of aliphatic carboxylic acids is 1. The van der Waals surface area contributed by atoms with Crippen LogP contribution in [0.15, 0.2) is 72.9 Å². The first kappa shape index (κ1) is 87.7. The van der Waals surface area contributed by atoms with Crippen molar-refractivity contribution < 1.29 is 42.9 Å². The van der Waals surface area contributed by atoms with Crippen LogP contribution in [-0.4, -0.2) is 87.4 Å². The molecule has 2 atom stereocenters. The second-order valence-electron chi connectivity index (χ2n) is 27.6. The summed E-state index contributed by atoms with van der Waals surface area (Å²) in [5.74, 6) is -2.00. The van der Waals surface area contributed by atoms with Crippen molar-refractivity contribution in [1.82, 2.24) is 0 Å². The van der Waals surface area contributed by atoms with E-state index in [-0.39, 0.29) is 32.2 Å². The maximum atomic E-state index is 13.0. The molecule has 91 heavy (non-hydrogen) atoms. The standard InChI is InChI=1S/C82H149NO8/c1-6-8-10-12-14-16-18-20-22-24-26-28-30-32-33-34-35-36-37-38-39-40-41-42-43-44-45-46-47-49-50-52-54-56-58-60-62-64-66-68-70-72-79(84)89-76-78(77-90-82(81(86)87)88-75-74-83(3,4)5)91-80(85)73-71-69-67-65-63-61-59-57-55-53-51-48-31-29-27-25-23-21-19-17-15-13-11-9-7-2/h9,11,15,17,21,23-24,26-27,29,48,51,78,82H,6-8,10,12-14,16,18-20,22,25,28,30-47,49-50,52-77H2,1-5H3/p+1/b11-9-,17-15-,23-21-,26-24-,29-27-,51-48-. The number of allylic oxidation sites excluding steroid dienone is 12. The molecule has 0 aromatic rings. The minimum Gasteiger partial charge on any atom is -0.477 e. The van der Waals surface area contributed by atoms with E-state index < -0.39 is 24.3 Å². The van der Waals surface area contributed by atoms with Gasteiger partial charge in [0.05, 0.1) is 34.4 Å². The number of carboxylic acids is 1. The molecule has 0 aliphatic rings. The summed E-state index contributed by atoms with van der Waals surface area (Å²) in [6.07, 6.45) is 94.9. The minimum atomic E-state index is -1.51. The van der Waals surface area contributed by atoms with Crippen LogP contribution in [0.2, 0.25) is 0 Å². The minimum absolute atomic E-state index is 0.183. The number of carboxylic acid groups (broad SMARTS) is 1. The van der Waals surface area contributed by atoms with E-state index in [1.807, 2.05) is 21.1 Å². The summed E-state index contributed by atoms with van der Waals surface area (Å²) in [4.78, 5) is 37.7. The van der Waals surface area contributed by atoms with E-state index in [2.05, 4.69) is 86.8 Å². The molecule has 9 nitrogen and oxygen atoms in total. The summed E-state index contributed by atoms with van der Waals surface area (Å²) in [6.45, 7) is 4.80. The highest BCUT2D eigenvalue weighted by molar-refractivity contribution is 5.71. The average Bonchev–Trinajstić information content (AvgIpc) is 3.46. The van der Waals surface area contributed by atoms with E-state index in [1.165, 1.54) is 263 Å². The maximum absolute atomic E-state index is 13.0. The molecule has 0 saturated carbocycles. The molecule has 0 spiro atoms. The van der Waals surface area contributed by atoms with Crippen LogP contribution in [0.4, 0.5) is 0 Å². The zero-order chi connectivity index (χ0) is 66.1. The van der Waals surface area contributed by atoms with Crippen LogP contribution in [-0.2, 0) is 33.3 Å². The van der Waals surface area contributed by atoms with E-state index in [1.54, 1.807) is 0 Å². The molecule has 0 aliphatic carbocycles. The van der Waals surface area contributed by atoms with Crippen LogP contribution < -0.4 is 0 Å². The van der Waals surface area contributed by atoms with Crippen LogP contribution in [0.1, 0.15) is 373 Å². The maximum Gasteiger partial charge on any atom is 0.361 e. The van der Waals surface area contributed by atoms with Crippen molar-refractivity contribution in [2.45, 2.75) is 386 Å². The van der Waals surface area contributed by atoms with Crippen molar-refractivity contribution in [1.29, 1.82) is 0 Å². The van der Waals surface area contributed by atoms with Gasteiger partial charge in [0.1, 0.15) is 13.2 Å². The first-order chi connectivity index (χ1) is 44.6.